The van der Waals surface area contributed by atoms with Gasteiger partial charge in [0.1, 0.15) is 11.6 Å². The number of hydrogen-bond acceptors (Lipinski definition) is 3. The molecule has 0 radical (unpaired) electrons. The molecule has 3 saturated carbocycles. The van der Waals surface area contributed by atoms with Gasteiger partial charge in [-0.05, 0) is 55.3 Å². The lowest BCUT2D eigenvalue weighted by molar-refractivity contribution is -0.140. The number of carbonyl (C=O) groups is 2. The molecule has 1 unspecified atom stereocenters. The van der Waals surface area contributed by atoms with Crippen LogP contribution in [0.1, 0.15) is 65.2 Å². The topological polar surface area (TPSA) is 43.4 Å². The van der Waals surface area contributed by atoms with Gasteiger partial charge in [0.2, 0.25) is 0 Å². The molecule has 122 valence electrons. The minimum Gasteiger partial charge on any atom is -0.377 e. The number of Topliss-reactive ketones (excluding diaryl/α,β-unsaturated/α-hetero) is 2. The number of ether oxygens (including phenoxy) is 1. The highest BCUT2D eigenvalue weighted by molar-refractivity contribution is 5.87. The van der Waals surface area contributed by atoms with Crippen molar-refractivity contribution in [1.82, 2.24) is 0 Å². The Morgan fingerprint density at radius 1 is 1.00 bits per heavy atom. The molecule has 3 aliphatic carbocycles. The van der Waals surface area contributed by atoms with E-state index in [2.05, 4.69) is 13.8 Å². The van der Waals surface area contributed by atoms with Crippen LogP contribution in [0.25, 0.3) is 0 Å². The van der Waals surface area contributed by atoms with Crippen molar-refractivity contribution >= 4 is 11.6 Å². The molecule has 1 aliphatic heterocycles. The van der Waals surface area contributed by atoms with Crippen molar-refractivity contribution in [3.05, 3.63) is 0 Å². The van der Waals surface area contributed by atoms with Gasteiger partial charge in [-0.2, -0.15) is 0 Å². The molecule has 0 bridgehead atoms. The molecule has 4 fully saturated rings. The van der Waals surface area contributed by atoms with Crippen molar-refractivity contribution in [2.45, 2.75) is 71.3 Å². The van der Waals surface area contributed by atoms with Gasteiger partial charge in [-0.15, -0.1) is 0 Å². The molecule has 3 nitrogen and oxygen atoms in total. The third-order valence-corrected chi connectivity index (χ3v) is 7.85. The molecular formula is C19H28O3. The lowest BCUT2D eigenvalue weighted by Gasteiger charge is -2.53. The molecule has 6 atom stereocenters. The van der Waals surface area contributed by atoms with Gasteiger partial charge in [0.05, 0.1) is 6.10 Å². The second-order valence-corrected chi connectivity index (χ2v) is 8.69. The van der Waals surface area contributed by atoms with E-state index in [1.165, 1.54) is 0 Å². The van der Waals surface area contributed by atoms with Crippen LogP contribution in [0.5, 0.6) is 0 Å². The van der Waals surface area contributed by atoms with Gasteiger partial charge in [0.15, 0.2) is 0 Å². The Hall–Kier alpha value is -0.700. The normalized spacial score (nSPS) is 51.7. The average Bonchev–Trinajstić information content (AvgIpc) is 2.70. The van der Waals surface area contributed by atoms with Gasteiger partial charge in [0, 0.05) is 31.3 Å². The first kappa shape index (κ1) is 14.9. The second-order valence-electron chi connectivity index (χ2n) is 8.69. The van der Waals surface area contributed by atoms with Gasteiger partial charge >= 0.3 is 0 Å². The molecule has 0 spiro atoms. The van der Waals surface area contributed by atoms with Gasteiger partial charge in [0.25, 0.3) is 0 Å². The maximum atomic E-state index is 12.4. The predicted molar refractivity (Wildman–Crippen MR) is 83.4 cm³/mol. The Labute approximate surface area is 133 Å². The molecule has 3 heteroatoms. The Balaban J connectivity index is 1.68. The SMILES string of the molecule is C[C@]12CCC(=O)CC1OCC[C@@H]1[C@@H]2CC[C@]2(C)C(=O)CC[C@@H]12. The molecule has 22 heavy (non-hydrogen) atoms. The van der Waals surface area contributed by atoms with Gasteiger partial charge in [-0.1, -0.05) is 13.8 Å². The standard InChI is InChI=1S/C19H28O3/c1-18-9-6-15-13(14(18)3-4-16(18)21)7-10-22-17-11-12(20)5-8-19(15,17)2/h13-15,17H,3-11H2,1-2H3/t13-,14-,15-,17?,18-,19+/m0/s1. The molecular weight excluding hydrogens is 276 g/mol. The van der Waals surface area contributed by atoms with Crippen LogP contribution in [0, 0.1) is 28.6 Å². The quantitative estimate of drug-likeness (QED) is 0.687. The Morgan fingerprint density at radius 3 is 2.64 bits per heavy atom. The third kappa shape index (κ3) is 1.90. The van der Waals surface area contributed by atoms with Crippen LogP contribution in [0.4, 0.5) is 0 Å². The van der Waals surface area contributed by atoms with E-state index in [0.29, 0.717) is 35.7 Å². The maximum absolute atomic E-state index is 12.4. The highest BCUT2D eigenvalue weighted by atomic mass is 16.5. The van der Waals surface area contributed by atoms with Crippen molar-refractivity contribution < 1.29 is 14.3 Å². The fraction of sp³-hybridized carbons (Fsp3) is 0.895. The van der Waals surface area contributed by atoms with Crippen LogP contribution >= 0.6 is 0 Å². The van der Waals surface area contributed by atoms with Crippen LogP contribution in [-0.2, 0) is 14.3 Å². The Bertz CT molecular complexity index is 513. The summed E-state index contributed by atoms with van der Waals surface area (Å²) in [5.41, 5.74) is 0.0733. The zero-order valence-corrected chi connectivity index (χ0v) is 13.9. The van der Waals surface area contributed by atoms with Crippen molar-refractivity contribution in [2.24, 2.45) is 28.6 Å². The minimum atomic E-state index is -0.0676. The molecule has 0 amide bonds. The van der Waals surface area contributed by atoms with Gasteiger partial charge in [-0.25, -0.2) is 0 Å². The third-order valence-electron chi connectivity index (χ3n) is 7.85. The zero-order chi connectivity index (χ0) is 15.5. The van der Waals surface area contributed by atoms with E-state index in [1.54, 1.807) is 0 Å². The van der Waals surface area contributed by atoms with Crippen molar-refractivity contribution in [1.29, 1.82) is 0 Å². The van der Waals surface area contributed by atoms with Crippen LogP contribution in [-0.4, -0.2) is 24.3 Å². The summed E-state index contributed by atoms with van der Waals surface area (Å²) >= 11 is 0. The van der Waals surface area contributed by atoms with E-state index < -0.39 is 0 Å². The van der Waals surface area contributed by atoms with Crippen LogP contribution in [0.2, 0.25) is 0 Å². The van der Waals surface area contributed by atoms with E-state index in [-0.39, 0.29) is 16.9 Å². The summed E-state index contributed by atoms with van der Waals surface area (Å²) < 4.78 is 6.17. The van der Waals surface area contributed by atoms with Gasteiger partial charge < -0.3 is 4.74 Å². The minimum absolute atomic E-state index is 0.0676. The highest BCUT2D eigenvalue weighted by Gasteiger charge is 2.59. The summed E-state index contributed by atoms with van der Waals surface area (Å²) in [4.78, 5) is 24.3. The predicted octanol–water partition coefficient (Wildman–Crippen LogP) is 3.55. The number of ketones is 2. The fourth-order valence-corrected chi connectivity index (χ4v) is 6.41. The lowest BCUT2D eigenvalue weighted by atomic mass is 9.51. The van der Waals surface area contributed by atoms with E-state index in [4.69, 9.17) is 4.74 Å². The lowest BCUT2D eigenvalue weighted by Crippen LogP contribution is -2.51. The van der Waals surface area contributed by atoms with E-state index in [9.17, 15) is 9.59 Å². The molecule has 0 aromatic rings. The zero-order valence-electron chi connectivity index (χ0n) is 13.9. The smallest absolute Gasteiger partial charge is 0.139 e. The first-order chi connectivity index (χ1) is 10.4. The molecule has 4 aliphatic rings. The molecule has 0 N–H and O–H groups in total. The van der Waals surface area contributed by atoms with Gasteiger partial charge in [-0.3, -0.25) is 9.59 Å². The monoisotopic (exact) mass is 304 g/mol. The number of rotatable bonds is 0. The van der Waals surface area contributed by atoms with Crippen LogP contribution in [0.15, 0.2) is 0 Å². The summed E-state index contributed by atoms with van der Waals surface area (Å²) in [6, 6.07) is 0. The molecule has 1 heterocycles. The largest absolute Gasteiger partial charge is 0.377 e. The van der Waals surface area contributed by atoms with Crippen molar-refractivity contribution in [3.8, 4) is 0 Å². The Kier molecular flexibility index (Phi) is 3.31. The molecule has 0 aromatic carbocycles. The first-order valence-electron chi connectivity index (χ1n) is 9.12. The number of carbonyl (C=O) groups excluding carboxylic acids is 2. The summed E-state index contributed by atoms with van der Waals surface area (Å²) in [6.45, 7) is 5.36. The van der Waals surface area contributed by atoms with E-state index in [0.717, 1.165) is 51.6 Å². The number of hydrogen-bond donors (Lipinski definition) is 0. The van der Waals surface area contributed by atoms with Crippen LogP contribution in [0.3, 0.4) is 0 Å². The number of fused-ring (bicyclic) bond motifs is 5. The summed E-state index contributed by atoms with van der Waals surface area (Å²) in [5, 5.41) is 0. The summed E-state index contributed by atoms with van der Waals surface area (Å²) in [6.07, 6.45) is 7.57. The second kappa shape index (κ2) is 4.90. The van der Waals surface area contributed by atoms with E-state index >= 15 is 0 Å². The maximum Gasteiger partial charge on any atom is 0.139 e. The molecule has 0 aromatic heterocycles. The van der Waals surface area contributed by atoms with Crippen molar-refractivity contribution in [3.63, 3.8) is 0 Å². The first-order valence-corrected chi connectivity index (χ1v) is 9.12. The Morgan fingerprint density at radius 2 is 1.82 bits per heavy atom. The molecule has 1 saturated heterocycles. The van der Waals surface area contributed by atoms with Crippen LogP contribution < -0.4 is 0 Å². The fourth-order valence-electron chi connectivity index (χ4n) is 6.41. The van der Waals surface area contributed by atoms with Crippen molar-refractivity contribution in [2.75, 3.05) is 6.61 Å². The summed E-state index contributed by atoms with van der Waals surface area (Å²) in [5.74, 6) is 2.68. The average molecular weight is 304 g/mol. The summed E-state index contributed by atoms with van der Waals surface area (Å²) in [7, 11) is 0. The highest BCUT2D eigenvalue weighted by Crippen LogP contribution is 2.61. The molecule has 4 rings (SSSR count). The van der Waals surface area contributed by atoms with E-state index in [1.807, 2.05) is 0 Å².